The summed E-state index contributed by atoms with van der Waals surface area (Å²) >= 11 is 0. The zero-order chi connectivity index (χ0) is 12.8. The van der Waals surface area contributed by atoms with Gasteiger partial charge in [-0.15, -0.1) is 0 Å². The average molecular weight is 248 g/mol. The Balaban J connectivity index is 2.05. The highest BCUT2D eigenvalue weighted by atomic mass is 16.5. The van der Waals surface area contributed by atoms with Crippen LogP contribution in [-0.2, 0) is 13.0 Å². The first-order valence-corrected chi connectivity index (χ1v) is 6.91. The van der Waals surface area contributed by atoms with Crippen LogP contribution >= 0.6 is 0 Å². The largest absolute Gasteiger partial charge is 0.496 e. The molecule has 2 N–H and O–H groups in total. The zero-order valence-electron chi connectivity index (χ0n) is 11.3. The summed E-state index contributed by atoms with van der Waals surface area (Å²) in [6.45, 7) is 4.20. The second-order valence-electron chi connectivity index (χ2n) is 5.02. The van der Waals surface area contributed by atoms with Gasteiger partial charge in [-0.25, -0.2) is 0 Å². The normalized spacial score (nSPS) is 16.8. The molecule has 1 aromatic rings. The SMILES string of the molecule is COc1ccc(CN2CCCCC2)cc1CCN. The molecule has 1 aliphatic heterocycles. The molecule has 1 aromatic carbocycles. The van der Waals surface area contributed by atoms with Gasteiger partial charge in [0.25, 0.3) is 0 Å². The van der Waals surface area contributed by atoms with E-state index in [1.165, 1.54) is 43.5 Å². The third kappa shape index (κ3) is 3.47. The van der Waals surface area contributed by atoms with Gasteiger partial charge in [-0.2, -0.15) is 0 Å². The fraction of sp³-hybridized carbons (Fsp3) is 0.600. The molecule has 2 rings (SSSR count). The molecule has 3 nitrogen and oxygen atoms in total. The Labute approximate surface area is 110 Å². The molecule has 0 aromatic heterocycles. The fourth-order valence-electron chi connectivity index (χ4n) is 2.66. The Hall–Kier alpha value is -1.06. The van der Waals surface area contributed by atoms with Crippen LogP contribution in [0.15, 0.2) is 18.2 Å². The summed E-state index contributed by atoms with van der Waals surface area (Å²) in [6, 6.07) is 6.50. The molecular weight excluding hydrogens is 224 g/mol. The summed E-state index contributed by atoms with van der Waals surface area (Å²) < 4.78 is 5.37. The molecule has 3 heteroatoms. The minimum Gasteiger partial charge on any atom is -0.496 e. The van der Waals surface area contributed by atoms with Crippen molar-refractivity contribution >= 4 is 0 Å². The molecule has 0 unspecified atom stereocenters. The first kappa shape index (κ1) is 13.4. The Bertz CT molecular complexity index is 373. The standard InChI is InChI=1S/C15H24N2O/c1-18-15-6-5-13(11-14(15)7-8-16)12-17-9-3-2-4-10-17/h5-6,11H,2-4,7-10,12,16H2,1H3. The highest BCUT2D eigenvalue weighted by Gasteiger charge is 2.11. The molecule has 18 heavy (non-hydrogen) atoms. The second kappa shape index (κ2) is 6.76. The molecule has 100 valence electrons. The van der Waals surface area contributed by atoms with Crippen molar-refractivity contribution in [1.82, 2.24) is 4.90 Å². The van der Waals surface area contributed by atoms with E-state index in [-0.39, 0.29) is 0 Å². The van der Waals surface area contributed by atoms with Crippen LogP contribution in [0.1, 0.15) is 30.4 Å². The van der Waals surface area contributed by atoms with E-state index in [0.717, 1.165) is 18.7 Å². The predicted molar refractivity (Wildman–Crippen MR) is 74.9 cm³/mol. The van der Waals surface area contributed by atoms with Crippen molar-refractivity contribution in [2.45, 2.75) is 32.2 Å². The van der Waals surface area contributed by atoms with E-state index < -0.39 is 0 Å². The van der Waals surface area contributed by atoms with Gasteiger partial charge in [-0.1, -0.05) is 18.6 Å². The number of hydrogen-bond donors (Lipinski definition) is 1. The number of rotatable bonds is 5. The number of piperidine rings is 1. The lowest BCUT2D eigenvalue weighted by Gasteiger charge is -2.26. The summed E-state index contributed by atoms with van der Waals surface area (Å²) in [5.41, 5.74) is 8.26. The molecule has 0 amide bonds. The van der Waals surface area contributed by atoms with E-state index >= 15 is 0 Å². The van der Waals surface area contributed by atoms with Crippen molar-refractivity contribution in [3.05, 3.63) is 29.3 Å². The summed E-state index contributed by atoms with van der Waals surface area (Å²) in [7, 11) is 1.72. The third-order valence-electron chi connectivity index (χ3n) is 3.61. The maximum Gasteiger partial charge on any atom is 0.122 e. The summed E-state index contributed by atoms with van der Waals surface area (Å²) in [6.07, 6.45) is 4.95. The van der Waals surface area contributed by atoms with Gasteiger partial charge in [-0.3, -0.25) is 4.90 Å². The van der Waals surface area contributed by atoms with E-state index in [1.807, 2.05) is 0 Å². The maximum absolute atomic E-state index is 5.65. The molecule has 1 saturated heterocycles. The topological polar surface area (TPSA) is 38.5 Å². The summed E-state index contributed by atoms with van der Waals surface area (Å²) in [5, 5.41) is 0. The van der Waals surface area contributed by atoms with Crippen LogP contribution in [0.25, 0.3) is 0 Å². The van der Waals surface area contributed by atoms with E-state index in [2.05, 4.69) is 23.1 Å². The number of methoxy groups -OCH3 is 1. The van der Waals surface area contributed by atoms with E-state index in [9.17, 15) is 0 Å². The summed E-state index contributed by atoms with van der Waals surface area (Å²) in [4.78, 5) is 2.54. The molecule has 0 radical (unpaired) electrons. The Morgan fingerprint density at radius 2 is 2.00 bits per heavy atom. The third-order valence-corrected chi connectivity index (χ3v) is 3.61. The molecule has 0 saturated carbocycles. The van der Waals surface area contributed by atoms with Crippen LogP contribution in [0.3, 0.4) is 0 Å². The van der Waals surface area contributed by atoms with Crippen molar-refractivity contribution in [2.24, 2.45) is 5.73 Å². The number of benzene rings is 1. The molecule has 0 atom stereocenters. The zero-order valence-corrected chi connectivity index (χ0v) is 11.3. The monoisotopic (exact) mass is 248 g/mol. The van der Waals surface area contributed by atoms with Gasteiger partial charge >= 0.3 is 0 Å². The van der Waals surface area contributed by atoms with Gasteiger partial charge in [0.05, 0.1) is 7.11 Å². The van der Waals surface area contributed by atoms with E-state index in [0.29, 0.717) is 6.54 Å². The van der Waals surface area contributed by atoms with Crippen molar-refractivity contribution < 1.29 is 4.74 Å². The fourth-order valence-corrected chi connectivity index (χ4v) is 2.66. The lowest BCUT2D eigenvalue weighted by molar-refractivity contribution is 0.221. The minimum absolute atomic E-state index is 0.670. The molecule has 0 bridgehead atoms. The molecule has 1 heterocycles. The summed E-state index contributed by atoms with van der Waals surface area (Å²) in [5.74, 6) is 0.961. The molecular formula is C15H24N2O. The lowest BCUT2D eigenvalue weighted by Crippen LogP contribution is -2.29. The van der Waals surface area contributed by atoms with E-state index in [4.69, 9.17) is 10.5 Å². The highest BCUT2D eigenvalue weighted by molar-refractivity contribution is 5.37. The Kier molecular flexibility index (Phi) is 5.02. The van der Waals surface area contributed by atoms with Gasteiger partial charge in [-0.05, 0) is 56.1 Å². The molecule has 0 spiro atoms. The molecule has 0 aliphatic carbocycles. The predicted octanol–water partition coefficient (Wildman–Crippen LogP) is 2.18. The highest BCUT2D eigenvalue weighted by Crippen LogP contribution is 2.22. The van der Waals surface area contributed by atoms with Gasteiger partial charge in [0.2, 0.25) is 0 Å². The van der Waals surface area contributed by atoms with Crippen molar-refractivity contribution in [2.75, 3.05) is 26.7 Å². The molecule has 1 fully saturated rings. The smallest absolute Gasteiger partial charge is 0.122 e. The minimum atomic E-state index is 0.670. The van der Waals surface area contributed by atoms with Crippen LogP contribution < -0.4 is 10.5 Å². The number of ether oxygens (including phenoxy) is 1. The van der Waals surface area contributed by atoms with Gasteiger partial charge in [0, 0.05) is 6.54 Å². The van der Waals surface area contributed by atoms with Crippen LogP contribution in [0, 0.1) is 0 Å². The van der Waals surface area contributed by atoms with Gasteiger partial charge < -0.3 is 10.5 Å². The maximum atomic E-state index is 5.65. The van der Waals surface area contributed by atoms with Crippen LogP contribution in [0.2, 0.25) is 0 Å². The second-order valence-corrected chi connectivity index (χ2v) is 5.02. The number of nitrogens with zero attached hydrogens (tertiary/aromatic N) is 1. The van der Waals surface area contributed by atoms with Crippen molar-refractivity contribution in [3.63, 3.8) is 0 Å². The van der Waals surface area contributed by atoms with Crippen LogP contribution in [0.5, 0.6) is 5.75 Å². The van der Waals surface area contributed by atoms with E-state index in [1.54, 1.807) is 7.11 Å². The van der Waals surface area contributed by atoms with Crippen LogP contribution in [0.4, 0.5) is 0 Å². The number of likely N-dealkylation sites (tertiary alicyclic amines) is 1. The van der Waals surface area contributed by atoms with Crippen molar-refractivity contribution in [1.29, 1.82) is 0 Å². The quantitative estimate of drug-likeness (QED) is 0.868. The Morgan fingerprint density at radius 1 is 1.22 bits per heavy atom. The van der Waals surface area contributed by atoms with Crippen LogP contribution in [-0.4, -0.2) is 31.6 Å². The van der Waals surface area contributed by atoms with Gasteiger partial charge in [0.1, 0.15) is 5.75 Å². The number of hydrogen-bond acceptors (Lipinski definition) is 3. The first-order valence-electron chi connectivity index (χ1n) is 6.91. The van der Waals surface area contributed by atoms with Crippen molar-refractivity contribution in [3.8, 4) is 5.75 Å². The average Bonchev–Trinajstić information content (AvgIpc) is 2.41. The molecule has 1 aliphatic rings. The number of nitrogens with two attached hydrogens (primary N) is 1. The lowest BCUT2D eigenvalue weighted by atomic mass is 10.0. The van der Waals surface area contributed by atoms with Gasteiger partial charge in [0.15, 0.2) is 0 Å². The Morgan fingerprint density at radius 3 is 2.67 bits per heavy atom. The first-order chi connectivity index (χ1) is 8.83.